The quantitative estimate of drug-likeness (QED) is 0.442. The summed E-state index contributed by atoms with van der Waals surface area (Å²) < 4.78 is 26.3. The lowest BCUT2D eigenvalue weighted by Gasteiger charge is -2.57. The van der Waals surface area contributed by atoms with E-state index in [1.807, 2.05) is 13.8 Å². The lowest BCUT2D eigenvalue weighted by Crippen LogP contribution is -2.60. The molecule has 9 nitrogen and oxygen atoms in total. The fourth-order valence-electron chi connectivity index (χ4n) is 6.05. The van der Waals surface area contributed by atoms with Crippen molar-refractivity contribution in [2.75, 3.05) is 20.8 Å². The lowest BCUT2D eigenvalue weighted by molar-refractivity contribution is -0.206. The molecule has 2 fully saturated rings. The topological polar surface area (TPSA) is 118 Å². The van der Waals surface area contributed by atoms with E-state index in [1.165, 1.54) is 33.7 Å². The molecule has 1 aliphatic heterocycles. The number of carbonyl (C=O) groups is 4. The van der Waals surface area contributed by atoms with Gasteiger partial charge in [-0.05, 0) is 42.6 Å². The smallest absolute Gasteiger partial charge is 0.310 e. The number of cyclic esters (lactones) is 1. The molecule has 182 valence electrons. The fourth-order valence-corrected chi connectivity index (χ4v) is 6.05. The lowest BCUT2D eigenvalue weighted by atomic mass is 9.46. The van der Waals surface area contributed by atoms with Gasteiger partial charge in [0.25, 0.3) is 0 Å². The van der Waals surface area contributed by atoms with Crippen LogP contribution in [0.2, 0.25) is 0 Å². The summed E-state index contributed by atoms with van der Waals surface area (Å²) in [5.74, 6) is -3.88. The number of methoxy groups -OCH3 is 2. The molecule has 1 saturated heterocycles. The maximum atomic E-state index is 13.3. The molecule has 1 aromatic rings. The molecule has 2 heterocycles. The first-order chi connectivity index (χ1) is 15.6. The van der Waals surface area contributed by atoms with Crippen molar-refractivity contribution in [3.05, 3.63) is 24.2 Å². The van der Waals surface area contributed by atoms with Gasteiger partial charge in [-0.3, -0.25) is 19.2 Å². The van der Waals surface area contributed by atoms with Crippen molar-refractivity contribution >= 4 is 23.9 Å². The van der Waals surface area contributed by atoms with Gasteiger partial charge in [-0.2, -0.15) is 0 Å². The Morgan fingerprint density at radius 3 is 2.52 bits per heavy atom. The zero-order valence-electron chi connectivity index (χ0n) is 19.8. The van der Waals surface area contributed by atoms with E-state index < -0.39 is 52.6 Å². The molecule has 1 saturated carbocycles. The second kappa shape index (κ2) is 9.57. The molecule has 0 amide bonds. The maximum absolute atomic E-state index is 13.3. The van der Waals surface area contributed by atoms with Crippen LogP contribution < -0.4 is 0 Å². The van der Waals surface area contributed by atoms with Gasteiger partial charge in [-0.15, -0.1) is 0 Å². The second-order valence-corrected chi connectivity index (χ2v) is 9.45. The largest absolute Gasteiger partial charge is 0.472 e. The molecular formula is C24H32O9. The van der Waals surface area contributed by atoms with E-state index in [0.717, 1.165) is 0 Å². The summed E-state index contributed by atoms with van der Waals surface area (Å²) in [7, 11) is 2.59. The van der Waals surface area contributed by atoms with Crippen molar-refractivity contribution in [1.29, 1.82) is 0 Å². The van der Waals surface area contributed by atoms with Gasteiger partial charge < -0.3 is 23.4 Å². The average molecular weight is 465 g/mol. The highest BCUT2D eigenvalue weighted by Crippen LogP contribution is 2.63. The predicted octanol–water partition coefficient (Wildman–Crippen LogP) is 3.22. The molecule has 0 bridgehead atoms. The van der Waals surface area contributed by atoms with E-state index in [1.54, 1.807) is 6.07 Å². The molecule has 6 atom stereocenters. The number of rotatable bonds is 7. The number of hydrogen-bond donors (Lipinski definition) is 0. The average Bonchev–Trinajstić information content (AvgIpc) is 3.30. The molecular weight excluding hydrogens is 432 g/mol. The molecule has 9 heteroatoms. The van der Waals surface area contributed by atoms with Gasteiger partial charge in [-0.25, -0.2) is 0 Å². The van der Waals surface area contributed by atoms with Crippen molar-refractivity contribution in [3.63, 3.8) is 0 Å². The summed E-state index contributed by atoms with van der Waals surface area (Å²) in [6.45, 7) is 5.06. The van der Waals surface area contributed by atoms with E-state index in [9.17, 15) is 19.2 Å². The van der Waals surface area contributed by atoms with Crippen LogP contribution in [0.1, 0.15) is 58.1 Å². The SMILES string of the molecule is COC(=O)[C@H]1[C@](C)([C@@H](CCOC(C)=O)C(=O)OC)CC[C@H]2C(=O)O[C@H](c3ccoc3)C[C@]12C. The highest BCUT2D eigenvalue weighted by Gasteiger charge is 2.65. The molecule has 33 heavy (non-hydrogen) atoms. The van der Waals surface area contributed by atoms with Crippen LogP contribution in [-0.4, -0.2) is 44.7 Å². The van der Waals surface area contributed by atoms with Crippen LogP contribution in [0.25, 0.3) is 0 Å². The molecule has 3 rings (SSSR count). The third-order valence-corrected chi connectivity index (χ3v) is 7.60. The maximum Gasteiger partial charge on any atom is 0.310 e. The molecule has 2 aliphatic rings. The Labute approximate surface area is 193 Å². The third kappa shape index (κ3) is 4.50. The summed E-state index contributed by atoms with van der Waals surface area (Å²) in [6.07, 6.45) is 3.85. The van der Waals surface area contributed by atoms with Crippen LogP contribution >= 0.6 is 0 Å². The van der Waals surface area contributed by atoms with Crippen molar-refractivity contribution in [2.24, 2.45) is 28.6 Å². The Bertz CT molecular complexity index is 892. The molecule has 0 unspecified atom stereocenters. The number of carbonyl (C=O) groups excluding carboxylic acids is 4. The monoisotopic (exact) mass is 464 g/mol. The number of furan rings is 1. The number of esters is 4. The van der Waals surface area contributed by atoms with Crippen LogP contribution in [0.5, 0.6) is 0 Å². The third-order valence-electron chi connectivity index (χ3n) is 7.60. The molecule has 0 N–H and O–H groups in total. The second-order valence-electron chi connectivity index (χ2n) is 9.45. The predicted molar refractivity (Wildman–Crippen MR) is 113 cm³/mol. The Hall–Kier alpha value is -2.84. The Morgan fingerprint density at radius 1 is 1.21 bits per heavy atom. The van der Waals surface area contributed by atoms with E-state index in [0.29, 0.717) is 24.8 Å². The van der Waals surface area contributed by atoms with E-state index in [2.05, 4.69) is 0 Å². The van der Waals surface area contributed by atoms with Gasteiger partial charge >= 0.3 is 23.9 Å². The van der Waals surface area contributed by atoms with Crippen molar-refractivity contribution in [2.45, 2.75) is 52.6 Å². The van der Waals surface area contributed by atoms with Crippen LogP contribution in [0.4, 0.5) is 0 Å². The summed E-state index contributed by atoms with van der Waals surface area (Å²) >= 11 is 0. The Morgan fingerprint density at radius 2 is 1.94 bits per heavy atom. The number of ether oxygens (including phenoxy) is 4. The van der Waals surface area contributed by atoms with E-state index >= 15 is 0 Å². The Balaban J connectivity index is 2.04. The summed E-state index contributed by atoms with van der Waals surface area (Å²) in [4.78, 5) is 50.6. The summed E-state index contributed by atoms with van der Waals surface area (Å²) in [5, 5.41) is 0. The standard InChI is InChI=1S/C24H32O9/c1-14(25)32-11-8-17(20(26)29-4)23(2)9-6-16-21(27)33-18(15-7-10-31-13-15)12-24(16,3)19(23)22(28)30-5/h7,10,13,16-19H,6,8-9,11-12H2,1-5H3/t16-,17-,18-,19-,23-,24-/m0/s1. The first-order valence-electron chi connectivity index (χ1n) is 11.1. The normalized spacial score (nSPS) is 32.2. The minimum Gasteiger partial charge on any atom is -0.472 e. The van der Waals surface area contributed by atoms with E-state index in [-0.39, 0.29) is 19.0 Å². The first-order valence-corrected chi connectivity index (χ1v) is 11.1. The zero-order chi connectivity index (χ0) is 24.4. The van der Waals surface area contributed by atoms with Crippen molar-refractivity contribution < 1.29 is 42.5 Å². The summed E-state index contributed by atoms with van der Waals surface area (Å²) in [5.41, 5.74) is -1.03. The number of hydrogen-bond acceptors (Lipinski definition) is 9. The van der Waals surface area contributed by atoms with Gasteiger partial charge in [-0.1, -0.05) is 13.8 Å². The molecule has 0 spiro atoms. The van der Waals surface area contributed by atoms with Crippen LogP contribution in [0.15, 0.2) is 23.0 Å². The molecule has 0 radical (unpaired) electrons. The van der Waals surface area contributed by atoms with Gasteiger partial charge in [0.05, 0.1) is 51.1 Å². The van der Waals surface area contributed by atoms with Gasteiger partial charge in [0.2, 0.25) is 0 Å². The van der Waals surface area contributed by atoms with Crippen molar-refractivity contribution in [3.8, 4) is 0 Å². The molecule has 0 aromatic carbocycles. The Kier molecular flexibility index (Phi) is 7.19. The molecule has 1 aliphatic carbocycles. The van der Waals surface area contributed by atoms with E-state index in [4.69, 9.17) is 23.4 Å². The van der Waals surface area contributed by atoms with Gasteiger partial charge in [0.1, 0.15) is 6.10 Å². The molecule has 1 aromatic heterocycles. The fraction of sp³-hybridized carbons (Fsp3) is 0.667. The number of fused-ring (bicyclic) bond motifs is 1. The zero-order valence-corrected chi connectivity index (χ0v) is 19.8. The van der Waals surface area contributed by atoms with Crippen LogP contribution in [-0.2, 0) is 38.1 Å². The van der Waals surface area contributed by atoms with Crippen molar-refractivity contribution in [1.82, 2.24) is 0 Å². The van der Waals surface area contributed by atoms with Crippen LogP contribution in [0.3, 0.4) is 0 Å². The minimum absolute atomic E-state index is 0.0123. The van der Waals surface area contributed by atoms with Gasteiger partial charge in [0, 0.05) is 12.5 Å². The summed E-state index contributed by atoms with van der Waals surface area (Å²) in [6, 6.07) is 1.73. The van der Waals surface area contributed by atoms with Crippen LogP contribution in [0, 0.1) is 28.6 Å². The minimum atomic E-state index is -0.899. The van der Waals surface area contributed by atoms with Gasteiger partial charge in [0.15, 0.2) is 0 Å². The highest BCUT2D eigenvalue weighted by atomic mass is 16.6. The highest BCUT2D eigenvalue weighted by molar-refractivity contribution is 5.82. The first kappa shape index (κ1) is 24.8.